The third-order valence-electron chi connectivity index (χ3n) is 3.17. The maximum atomic E-state index is 10.6. The van der Waals surface area contributed by atoms with Gasteiger partial charge in [0.2, 0.25) is 0 Å². The monoisotopic (exact) mass is 442 g/mol. The molecule has 0 aromatic rings. The minimum Gasteiger partial charge on any atom is -0.550 e. The van der Waals surface area contributed by atoms with Crippen molar-refractivity contribution in [3.05, 3.63) is 0 Å². The summed E-state index contributed by atoms with van der Waals surface area (Å²) in [5, 5.41) is 29.4. The van der Waals surface area contributed by atoms with E-state index in [9.17, 15) is 44.1 Å². The van der Waals surface area contributed by atoms with E-state index in [-0.39, 0.29) is 34.7 Å². The van der Waals surface area contributed by atoms with E-state index >= 15 is 0 Å². The molecule has 168 valence electrons. The van der Waals surface area contributed by atoms with Gasteiger partial charge in [-0.25, -0.2) is 0 Å². The van der Waals surface area contributed by atoms with Gasteiger partial charge in [-0.05, 0) is 19.3 Å². The summed E-state index contributed by atoms with van der Waals surface area (Å²) in [6, 6.07) is 0. The van der Waals surface area contributed by atoms with Crippen molar-refractivity contribution in [2.45, 2.75) is 91.4 Å². The van der Waals surface area contributed by atoms with Crippen molar-refractivity contribution in [1.29, 1.82) is 0 Å². The van der Waals surface area contributed by atoms with Gasteiger partial charge < -0.3 is 29.7 Å². The summed E-state index contributed by atoms with van der Waals surface area (Å²) in [6.45, 7) is 5.73. The number of hydrogen-bond donors (Lipinski definition) is 0. The van der Waals surface area contributed by atoms with Gasteiger partial charge in [0.05, 0.1) is 0 Å². The predicted molar refractivity (Wildman–Crippen MR) is 104 cm³/mol. The van der Waals surface area contributed by atoms with Crippen LogP contribution in [0.4, 0.5) is 0 Å². The molecule has 0 N–H and O–H groups in total. The van der Waals surface area contributed by atoms with Gasteiger partial charge in [0.25, 0.3) is 0 Å². The molecule has 9 nitrogen and oxygen atoms in total. The van der Waals surface area contributed by atoms with Crippen LogP contribution in [0, 0.1) is 0 Å². The number of carboxylic acids is 3. The van der Waals surface area contributed by atoms with E-state index in [2.05, 4.69) is 0 Å². The van der Waals surface area contributed by atoms with Crippen molar-refractivity contribution in [2.75, 3.05) is 0 Å². The molecular formula is C20H31AlO9. The molecule has 0 bridgehead atoms. The summed E-state index contributed by atoms with van der Waals surface area (Å²) >= 11 is 0. The Balaban J connectivity index is -0.000000167. The standard InChI is InChI=1S/2C7H12O3.C6H10O3.Al/c2*1-2-3-4-6(8)5-7(9)10;1-2-3-5(7)4-6(8)9;/h2*2-5H2,1H3,(H,9,10);2-4H2,1H3,(H,8,9);/q;;;+3/p-3. The number of carbonyl (C=O) groups excluding carboxylic acids is 6. The molecule has 0 fully saturated rings. The van der Waals surface area contributed by atoms with Crippen LogP contribution in [0.25, 0.3) is 0 Å². The molecule has 0 radical (unpaired) electrons. The van der Waals surface area contributed by atoms with E-state index < -0.39 is 37.2 Å². The van der Waals surface area contributed by atoms with Crippen LogP contribution in [0.3, 0.4) is 0 Å². The minimum atomic E-state index is -1.28. The Bertz CT molecular complexity index is 498. The second-order valence-electron chi connectivity index (χ2n) is 6.22. The van der Waals surface area contributed by atoms with Gasteiger partial charge in [-0.1, -0.05) is 33.6 Å². The summed E-state index contributed by atoms with van der Waals surface area (Å²) in [6.07, 6.45) is 3.85. The minimum absolute atomic E-state index is 0. The van der Waals surface area contributed by atoms with Gasteiger partial charge in [-0.15, -0.1) is 0 Å². The third kappa shape index (κ3) is 36.8. The molecule has 0 saturated carbocycles. The summed E-state index contributed by atoms with van der Waals surface area (Å²) in [5.41, 5.74) is 0. The normalized spacial score (nSPS) is 8.90. The summed E-state index contributed by atoms with van der Waals surface area (Å²) in [5.74, 6) is -4.56. The van der Waals surface area contributed by atoms with Gasteiger partial charge in [0.15, 0.2) is 0 Å². The van der Waals surface area contributed by atoms with Crippen molar-refractivity contribution in [1.82, 2.24) is 0 Å². The Kier molecular flexibility index (Phi) is 29.5. The smallest absolute Gasteiger partial charge is 0.550 e. The Morgan fingerprint density at radius 3 is 0.967 bits per heavy atom. The zero-order valence-corrected chi connectivity index (χ0v) is 19.2. The van der Waals surface area contributed by atoms with E-state index in [1.54, 1.807) is 0 Å². The average Bonchev–Trinajstić information content (AvgIpc) is 2.57. The quantitative estimate of drug-likeness (QED) is 0.239. The van der Waals surface area contributed by atoms with E-state index in [0.717, 1.165) is 25.7 Å². The number of hydrogen-bond acceptors (Lipinski definition) is 9. The first kappa shape index (κ1) is 35.4. The van der Waals surface area contributed by atoms with Gasteiger partial charge in [0, 0.05) is 56.4 Å². The fraction of sp³-hybridized carbons (Fsp3) is 0.700. The Morgan fingerprint density at radius 2 is 0.767 bits per heavy atom. The SMILES string of the molecule is CCCC(=O)CC(=O)[O-].CCCCC(=O)CC(=O)[O-].CCCCC(=O)CC(=O)[O-].[Al+3]. The molecule has 0 aliphatic heterocycles. The van der Waals surface area contributed by atoms with Crippen molar-refractivity contribution >= 4 is 52.6 Å². The maximum absolute atomic E-state index is 10.6. The molecular weight excluding hydrogens is 411 g/mol. The van der Waals surface area contributed by atoms with Crippen LogP contribution < -0.4 is 15.3 Å². The van der Waals surface area contributed by atoms with Crippen LogP contribution in [-0.4, -0.2) is 52.6 Å². The molecule has 30 heavy (non-hydrogen) atoms. The number of carbonyl (C=O) groups is 6. The zero-order chi connectivity index (χ0) is 23.2. The Morgan fingerprint density at radius 1 is 0.500 bits per heavy atom. The molecule has 0 atom stereocenters. The topological polar surface area (TPSA) is 172 Å². The Hall–Kier alpha value is -2.05. The fourth-order valence-corrected chi connectivity index (χ4v) is 1.77. The molecule has 0 aliphatic carbocycles. The average molecular weight is 442 g/mol. The molecule has 10 heteroatoms. The molecule has 0 spiro atoms. The first-order valence-electron chi connectivity index (χ1n) is 9.64. The first-order chi connectivity index (χ1) is 13.5. The van der Waals surface area contributed by atoms with Crippen LogP contribution in [-0.2, 0) is 28.8 Å². The molecule has 0 aromatic carbocycles. The Labute approximate surface area is 188 Å². The van der Waals surface area contributed by atoms with E-state index in [0.29, 0.717) is 25.7 Å². The van der Waals surface area contributed by atoms with E-state index in [1.807, 2.05) is 20.8 Å². The summed E-state index contributed by atoms with van der Waals surface area (Å²) in [7, 11) is 0. The van der Waals surface area contributed by atoms with Crippen LogP contribution >= 0.6 is 0 Å². The molecule has 0 aromatic heterocycles. The molecule has 0 rings (SSSR count). The van der Waals surface area contributed by atoms with Crippen LogP contribution in [0.1, 0.15) is 91.4 Å². The largest absolute Gasteiger partial charge is 3.00 e. The fourth-order valence-electron chi connectivity index (χ4n) is 1.77. The first-order valence-corrected chi connectivity index (χ1v) is 9.64. The van der Waals surface area contributed by atoms with Crippen molar-refractivity contribution in [3.8, 4) is 0 Å². The van der Waals surface area contributed by atoms with Gasteiger partial charge in [-0.2, -0.15) is 0 Å². The second kappa shape index (κ2) is 25.0. The number of rotatable bonds is 14. The van der Waals surface area contributed by atoms with Crippen molar-refractivity contribution in [3.63, 3.8) is 0 Å². The van der Waals surface area contributed by atoms with Gasteiger partial charge in [0.1, 0.15) is 17.3 Å². The van der Waals surface area contributed by atoms with E-state index in [4.69, 9.17) is 0 Å². The molecule has 0 aliphatic rings. The summed E-state index contributed by atoms with van der Waals surface area (Å²) < 4.78 is 0. The molecule has 0 saturated heterocycles. The third-order valence-corrected chi connectivity index (χ3v) is 3.17. The molecule has 0 heterocycles. The second-order valence-corrected chi connectivity index (χ2v) is 6.22. The number of Topliss-reactive ketones (excluding diaryl/α,β-unsaturated/α-hetero) is 3. The van der Waals surface area contributed by atoms with Crippen molar-refractivity contribution < 1.29 is 44.1 Å². The number of ketones is 3. The number of aliphatic carboxylic acids is 3. The van der Waals surface area contributed by atoms with E-state index in [1.165, 1.54) is 0 Å². The van der Waals surface area contributed by atoms with Gasteiger partial charge in [-0.3, -0.25) is 14.4 Å². The zero-order valence-electron chi connectivity index (χ0n) is 18.0. The predicted octanol–water partition coefficient (Wildman–Crippen LogP) is -1.11. The van der Waals surface area contributed by atoms with Gasteiger partial charge >= 0.3 is 17.4 Å². The van der Waals surface area contributed by atoms with Crippen LogP contribution in [0.5, 0.6) is 0 Å². The maximum Gasteiger partial charge on any atom is 3.00 e. The molecule has 0 amide bonds. The number of unbranched alkanes of at least 4 members (excludes halogenated alkanes) is 2. The molecule has 0 unspecified atom stereocenters. The number of carboxylic acid groups (broad SMARTS) is 3. The van der Waals surface area contributed by atoms with Crippen molar-refractivity contribution in [2.24, 2.45) is 0 Å². The summed E-state index contributed by atoms with van der Waals surface area (Å²) in [4.78, 5) is 61.1. The van der Waals surface area contributed by atoms with Crippen LogP contribution in [0.2, 0.25) is 0 Å². The van der Waals surface area contributed by atoms with Crippen LogP contribution in [0.15, 0.2) is 0 Å².